The fourth-order valence-corrected chi connectivity index (χ4v) is 1.50. The summed E-state index contributed by atoms with van der Waals surface area (Å²) in [4.78, 5) is 4.24. The Balaban J connectivity index is 2.33. The lowest BCUT2D eigenvalue weighted by Crippen LogP contribution is -2.14. The van der Waals surface area contributed by atoms with E-state index in [4.69, 9.17) is 0 Å². The van der Waals surface area contributed by atoms with Gasteiger partial charge in [0.1, 0.15) is 5.82 Å². The standard InChI is InChI=1S/C12H15N3O/c1-8-13-11(15-14-8)9-4-6-10(7-5-9)12(2,3)16/h4-7,16H,1-3H3,(H,13,14,15). The fraction of sp³-hybridized carbons (Fsp3) is 0.333. The Morgan fingerprint density at radius 2 is 1.81 bits per heavy atom. The van der Waals surface area contributed by atoms with E-state index in [-0.39, 0.29) is 0 Å². The SMILES string of the molecule is Cc1nc(-c2ccc(C(C)(C)O)cc2)n[nH]1. The Morgan fingerprint density at radius 3 is 2.25 bits per heavy atom. The van der Waals surface area contributed by atoms with Crippen LogP contribution in [0.1, 0.15) is 25.2 Å². The van der Waals surface area contributed by atoms with E-state index < -0.39 is 5.60 Å². The number of nitrogens with one attached hydrogen (secondary N) is 1. The Hall–Kier alpha value is -1.68. The quantitative estimate of drug-likeness (QED) is 0.808. The summed E-state index contributed by atoms with van der Waals surface area (Å²) in [6.07, 6.45) is 0. The monoisotopic (exact) mass is 217 g/mol. The van der Waals surface area contributed by atoms with Crippen LogP contribution in [0.25, 0.3) is 11.4 Å². The lowest BCUT2D eigenvalue weighted by atomic mass is 9.97. The summed E-state index contributed by atoms with van der Waals surface area (Å²) in [6.45, 7) is 5.39. The van der Waals surface area contributed by atoms with Crippen molar-refractivity contribution < 1.29 is 5.11 Å². The maximum atomic E-state index is 9.82. The molecule has 0 amide bonds. The molecule has 0 spiro atoms. The van der Waals surface area contributed by atoms with Crippen LogP contribution in [0.4, 0.5) is 0 Å². The zero-order valence-corrected chi connectivity index (χ0v) is 9.65. The third-order valence-electron chi connectivity index (χ3n) is 2.45. The Morgan fingerprint density at radius 1 is 1.19 bits per heavy atom. The molecule has 0 atom stereocenters. The molecule has 0 radical (unpaired) electrons. The van der Waals surface area contributed by atoms with Crippen LogP contribution in [0.15, 0.2) is 24.3 Å². The molecule has 0 saturated heterocycles. The minimum Gasteiger partial charge on any atom is -0.386 e. The molecular formula is C12H15N3O. The molecule has 1 aromatic carbocycles. The molecule has 2 N–H and O–H groups in total. The van der Waals surface area contributed by atoms with E-state index in [2.05, 4.69) is 15.2 Å². The van der Waals surface area contributed by atoms with E-state index in [1.54, 1.807) is 13.8 Å². The summed E-state index contributed by atoms with van der Waals surface area (Å²) in [7, 11) is 0. The number of aliphatic hydroxyl groups is 1. The summed E-state index contributed by atoms with van der Waals surface area (Å²) < 4.78 is 0. The van der Waals surface area contributed by atoms with Crippen molar-refractivity contribution in [2.45, 2.75) is 26.4 Å². The van der Waals surface area contributed by atoms with Crippen LogP contribution in [0, 0.1) is 6.92 Å². The van der Waals surface area contributed by atoms with Gasteiger partial charge in [-0.05, 0) is 26.3 Å². The molecule has 2 aromatic rings. The number of aromatic nitrogens is 3. The average Bonchev–Trinajstić information content (AvgIpc) is 2.64. The van der Waals surface area contributed by atoms with Gasteiger partial charge in [-0.2, -0.15) is 5.10 Å². The zero-order valence-electron chi connectivity index (χ0n) is 9.65. The molecule has 16 heavy (non-hydrogen) atoms. The first-order valence-electron chi connectivity index (χ1n) is 5.19. The molecule has 0 aliphatic heterocycles. The van der Waals surface area contributed by atoms with Gasteiger partial charge in [0.25, 0.3) is 0 Å². The molecular weight excluding hydrogens is 202 g/mol. The van der Waals surface area contributed by atoms with E-state index in [1.165, 1.54) is 0 Å². The van der Waals surface area contributed by atoms with Gasteiger partial charge in [0.2, 0.25) is 0 Å². The van der Waals surface area contributed by atoms with Crippen LogP contribution in [0.2, 0.25) is 0 Å². The van der Waals surface area contributed by atoms with Gasteiger partial charge in [-0.1, -0.05) is 24.3 Å². The lowest BCUT2D eigenvalue weighted by Gasteiger charge is -2.17. The molecule has 0 aliphatic carbocycles. The van der Waals surface area contributed by atoms with Crippen molar-refractivity contribution in [3.8, 4) is 11.4 Å². The van der Waals surface area contributed by atoms with E-state index in [0.717, 1.165) is 17.0 Å². The Bertz CT molecular complexity index is 480. The van der Waals surface area contributed by atoms with Crippen molar-refractivity contribution >= 4 is 0 Å². The third kappa shape index (κ3) is 2.12. The van der Waals surface area contributed by atoms with Crippen molar-refractivity contribution in [2.75, 3.05) is 0 Å². The second-order valence-corrected chi connectivity index (χ2v) is 4.38. The summed E-state index contributed by atoms with van der Waals surface area (Å²) in [5.41, 5.74) is 1.01. The molecule has 0 unspecified atom stereocenters. The molecule has 84 valence electrons. The summed E-state index contributed by atoms with van der Waals surface area (Å²) in [5.74, 6) is 1.47. The molecule has 4 heteroatoms. The van der Waals surface area contributed by atoms with Crippen molar-refractivity contribution in [1.82, 2.24) is 15.2 Å². The number of benzene rings is 1. The highest BCUT2D eigenvalue weighted by atomic mass is 16.3. The highest BCUT2D eigenvalue weighted by molar-refractivity contribution is 5.55. The maximum absolute atomic E-state index is 9.82. The minimum atomic E-state index is -0.812. The number of nitrogens with zero attached hydrogens (tertiary/aromatic N) is 2. The first-order valence-corrected chi connectivity index (χ1v) is 5.19. The molecule has 4 nitrogen and oxygen atoms in total. The first-order chi connectivity index (χ1) is 7.47. The van der Waals surface area contributed by atoms with E-state index >= 15 is 0 Å². The minimum absolute atomic E-state index is 0.680. The van der Waals surface area contributed by atoms with Gasteiger partial charge in [0.15, 0.2) is 5.82 Å². The maximum Gasteiger partial charge on any atom is 0.181 e. The normalized spacial score (nSPS) is 11.8. The average molecular weight is 217 g/mol. The van der Waals surface area contributed by atoms with Crippen LogP contribution in [0.3, 0.4) is 0 Å². The molecule has 2 rings (SSSR count). The van der Waals surface area contributed by atoms with Gasteiger partial charge >= 0.3 is 0 Å². The number of rotatable bonds is 2. The van der Waals surface area contributed by atoms with Crippen molar-refractivity contribution in [3.63, 3.8) is 0 Å². The van der Waals surface area contributed by atoms with Gasteiger partial charge in [-0.15, -0.1) is 0 Å². The lowest BCUT2D eigenvalue weighted by molar-refractivity contribution is 0.0786. The van der Waals surface area contributed by atoms with Crippen molar-refractivity contribution in [3.05, 3.63) is 35.7 Å². The van der Waals surface area contributed by atoms with Crippen LogP contribution in [-0.2, 0) is 5.60 Å². The second-order valence-electron chi connectivity index (χ2n) is 4.38. The molecule has 0 aliphatic rings. The van der Waals surface area contributed by atoms with Crippen molar-refractivity contribution in [1.29, 1.82) is 0 Å². The Labute approximate surface area is 94.4 Å². The highest BCUT2D eigenvalue weighted by Gasteiger charge is 2.15. The van der Waals surface area contributed by atoms with Gasteiger partial charge in [0, 0.05) is 5.56 Å². The van der Waals surface area contributed by atoms with Gasteiger partial charge in [-0.25, -0.2) is 4.98 Å². The second kappa shape index (κ2) is 3.72. The highest BCUT2D eigenvalue weighted by Crippen LogP contribution is 2.22. The Kier molecular flexibility index (Phi) is 2.52. The van der Waals surface area contributed by atoms with Gasteiger partial charge in [-0.3, -0.25) is 5.10 Å². The van der Waals surface area contributed by atoms with E-state index in [0.29, 0.717) is 5.82 Å². The molecule has 0 fully saturated rings. The molecule has 1 heterocycles. The predicted molar refractivity (Wildman–Crippen MR) is 61.8 cm³/mol. The third-order valence-corrected chi connectivity index (χ3v) is 2.45. The largest absolute Gasteiger partial charge is 0.386 e. The fourth-order valence-electron chi connectivity index (χ4n) is 1.50. The molecule has 1 aromatic heterocycles. The van der Waals surface area contributed by atoms with Crippen molar-refractivity contribution in [2.24, 2.45) is 0 Å². The first kappa shape index (κ1) is 10.8. The van der Waals surface area contributed by atoms with E-state index in [1.807, 2.05) is 31.2 Å². The van der Waals surface area contributed by atoms with Crippen LogP contribution >= 0.6 is 0 Å². The predicted octanol–water partition coefficient (Wildman–Crippen LogP) is 2.01. The summed E-state index contributed by atoms with van der Waals surface area (Å²) >= 11 is 0. The summed E-state index contributed by atoms with van der Waals surface area (Å²) in [5, 5.41) is 16.7. The molecule has 0 saturated carbocycles. The zero-order chi connectivity index (χ0) is 11.8. The molecule has 0 bridgehead atoms. The van der Waals surface area contributed by atoms with Gasteiger partial charge in [0.05, 0.1) is 5.60 Å². The van der Waals surface area contributed by atoms with Crippen LogP contribution in [-0.4, -0.2) is 20.3 Å². The number of H-pyrrole nitrogens is 1. The van der Waals surface area contributed by atoms with Crippen LogP contribution < -0.4 is 0 Å². The topological polar surface area (TPSA) is 61.8 Å². The summed E-state index contributed by atoms with van der Waals surface area (Å²) in [6, 6.07) is 7.61. The van der Waals surface area contributed by atoms with Gasteiger partial charge < -0.3 is 5.11 Å². The number of aryl methyl sites for hydroxylation is 1. The number of hydrogen-bond donors (Lipinski definition) is 2. The number of aromatic amines is 1. The smallest absolute Gasteiger partial charge is 0.181 e. The van der Waals surface area contributed by atoms with E-state index in [9.17, 15) is 5.11 Å². The van der Waals surface area contributed by atoms with Crippen LogP contribution in [0.5, 0.6) is 0 Å². The number of hydrogen-bond acceptors (Lipinski definition) is 3.